The molecule has 2 N–H and O–H groups in total. The summed E-state index contributed by atoms with van der Waals surface area (Å²) in [6.07, 6.45) is 0. The topological polar surface area (TPSA) is 72.6 Å². The fourth-order valence-corrected chi connectivity index (χ4v) is 5.74. The maximum absolute atomic E-state index is 13.1. The molecule has 3 aliphatic rings. The molecule has 1 amide bonds. The highest BCUT2D eigenvalue weighted by Gasteiger charge is 2.51. The third kappa shape index (κ3) is 3.38. The van der Waals surface area contributed by atoms with Gasteiger partial charge in [-0.3, -0.25) is 19.4 Å². The molecule has 3 aliphatic heterocycles. The number of halogens is 1. The van der Waals surface area contributed by atoms with Crippen molar-refractivity contribution in [3.8, 4) is 0 Å². The number of piperazine rings is 1. The van der Waals surface area contributed by atoms with Gasteiger partial charge in [-0.05, 0) is 31.7 Å². The number of carbonyl (C=O) groups is 3. The molecular formula is C20H24ClN3O4S+2. The van der Waals surface area contributed by atoms with Crippen LogP contribution in [0.4, 0.5) is 11.4 Å². The third-order valence-electron chi connectivity index (χ3n) is 5.71. The highest BCUT2D eigenvalue weighted by Crippen LogP contribution is 2.39. The number of fused-ring (bicyclic) bond motifs is 3. The van der Waals surface area contributed by atoms with Crippen LogP contribution in [0.2, 0.25) is 5.02 Å². The van der Waals surface area contributed by atoms with Crippen LogP contribution in [0.1, 0.15) is 31.1 Å². The number of carbonyl (C=O) groups excluding carboxylic acids is 3. The van der Waals surface area contributed by atoms with Crippen LogP contribution in [0.5, 0.6) is 0 Å². The predicted octanol–water partition coefficient (Wildman–Crippen LogP) is 0.299. The summed E-state index contributed by atoms with van der Waals surface area (Å²) in [5.41, 5.74) is 2.40. The number of nitrogens with one attached hydrogen (secondary N) is 2. The monoisotopic (exact) mass is 437 g/mol. The highest BCUT2D eigenvalue weighted by atomic mass is 35.5. The summed E-state index contributed by atoms with van der Waals surface area (Å²) in [5, 5.41) is 1.44. The van der Waals surface area contributed by atoms with Gasteiger partial charge in [0.15, 0.2) is 27.4 Å². The van der Waals surface area contributed by atoms with Crippen LogP contribution in [0.15, 0.2) is 22.7 Å². The zero-order valence-electron chi connectivity index (χ0n) is 16.6. The van der Waals surface area contributed by atoms with E-state index in [0.717, 1.165) is 34.4 Å². The van der Waals surface area contributed by atoms with E-state index in [1.54, 1.807) is 19.9 Å². The first-order valence-corrected chi connectivity index (χ1v) is 11.0. The molecule has 2 unspecified atom stereocenters. The summed E-state index contributed by atoms with van der Waals surface area (Å²) < 4.78 is 5.12. The van der Waals surface area contributed by atoms with Crippen LogP contribution in [-0.4, -0.2) is 60.7 Å². The number of esters is 1. The number of hydrogen-bond donors (Lipinski definition) is 2. The van der Waals surface area contributed by atoms with Gasteiger partial charge in [0.2, 0.25) is 11.7 Å². The van der Waals surface area contributed by atoms with Crippen molar-refractivity contribution in [2.45, 2.75) is 26.1 Å². The SMILES string of the molecule is CCOC(=O)C1=C2SC(C)[NH+]2c2cc([NH+]3CCN(C(C)=O)CC3)c(Cl)cc2C1=O. The van der Waals surface area contributed by atoms with Crippen LogP contribution in [0.25, 0.3) is 0 Å². The second kappa shape index (κ2) is 7.75. The second-order valence-electron chi connectivity index (χ2n) is 7.41. The summed E-state index contributed by atoms with van der Waals surface area (Å²) in [6.45, 7) is 8.49. The van der Waals surface area contributed by atoms with Crippen LogP contribution >= 0.6 is 23.4 Å². The predicted molar refractivity (Wildman–Crippen MR) is 110 cm³/mol. The summed E-state index contributed by atoms with van der Waals surface area (Å²) in [4.78, 5) is 41.1. The Morgan fingerprint density at radius 3 is 2.55 bits per heavy atom. The van der Waals surface area contributed by atoms with Gasteiger partial charge < -0.3 is 9.64 Å². The average Bonchev–Trinajstić information content (AvgIpc) is 2.68. The number of quaternary nitrogens is 2. The maximum Gasteiger partial charge on any atom is 0.348 e. The summed E-state index contributed by atoms with van der Waals surface area (Å²) in [7, 11) is 0. The molecule has 0 aromatic heterocycles. The molecule has 1 aromatic carbocycles. The molecule has 7 nitrogen and oxygen atoms in total. The zero-order valence-corrected chi connectivity index (χ0v) is 18.2. The number of nitrogens with zero attached hydrogens (tertiary/aromatic N) is 1. The van der Waals surface area contributed by atoms with Gasteiger partial charge in [-0.2, -0.15) is 0 Å². The van der Waals surface area contributed by atoms with Gasteiger partial charge >= 0.3 is 5.97 Å². The lowest BCUT2D eigenvalue weighted by atomic mass is 9.96. The number of ether oxygens (including phenoxy) is 1. The molecule has 29 heavy (non-hydrogen) atoms. The summed E-state index contributed by atoms with van der Waals surface area (Å²) >= 11 is 8.11. The fraction of sp³-hybridized carbons (Fsp3) is 0.450. The Bertz CT molecular complexity index is 940. The van der Waals surface area contributed by atoms with E-state index in [1.165, 1.54) is 16.7 Å². The Labute approximate surface area is 178 Å². The van der Waals surface area contributed by atoms with E-state index in [4.69, 9.17) is 16.3 Å². The third-order valence-corrected chi connectivity index (χ3v) is 7.28. The molecule has 2 saturated heterocycles. The van der Waals surface area contributed by atoms with Crippen molar-refractivity contribution in [3.05, 3.63) is 33.3 Å². The van der Waals surface area contributed by atoms with Crippen LogP contribution in [0.3, 0.4) is 0 Å². The number of benzene rings is 1. The maximum atomic E-state index is 13.1. The lowest BCUT2D eigenvalue weighted by Gasteiger charge is -2.39. The molecule has 0 saturated carbocycles. The van der Waals surface area contributed by atoms with E-state index < -0.39 is 5.97 Å². The molecule has 2 atom stereocenters. The lowest BCUT2D eigenvalue weighted by molar-refractivity contribution is -0.838. The minimum absolute atomic E-state index is 0.0864. The van der Waals surface area contributed by atoms with Gasteiger partial charge in [-0.15, -0.1) is 0 Å². The van der Waals surface area contributed by atoms with E-state index in [0.29, 0.717) is 23.7 Å². The minimum atomic E-state index is -0.568. The molecule has 0 radical (unpaired) electrons. The largest absolute Gasteiger partial charge is 0.462 e. The second-order valence-corrected chi connectivity index (χ2v) is 9.17. The Morgan fingerprint density at radius 1 is 1.28 bits per heavy atom. The van der Waals surface area contributed by atoms with Crippen molar-refractivity contribution in [2.24, 2.45) is 0 Å². The Morgan fingerprint density at radius 2 is 1.97 bits per heavy atom. The molecule has 9 heteroatoms. The van der Waals surface area contributed by atoms with Crippen LogP contribution < -0.4 is 9.80 Å². The van der Waals surface area contributed by atoms with E-state index in [1.807, 2.05) is 11.0 Å². The van der Waals surface area contributed by atoms with Crippen molar-refractivity contribution >= 4 is 52.4 Å². The normalized spacial score (nSPS) is 24.0. The first kappa shape index (κ1) is 20.4. The molecule has 0 bridgehead atoms. The number of hydrogen-bond acceptors (Lipinski definition) is 5. The van der Waals surface area contributed by atoms with E-state index in [2.05, 4.69) is 6.92 Å². The zero-order chi connectivity index (χ0) is 20.9. The molecule has 0 spiro atoms. The van der Waals surface area contributed by atoms with Gasteiger partial charge in [0.05, 0.1) is 44.4 Å². The van der Waals surface area contributed by atoms with Crippen molar-refractivity contribution in [1.29, 1.82) is 0 Å². The summed E-state index contributed by atoms with van der Waals surface area (Å²) in [5.74, 6) is -0.800. The number of thioether (sulfide) groups is 1. The van der Waals surface area contributed by atoms with Crippen molar-refractivity contribution in [2.75, 3.05) is 32.8 Å². The number of ketones is 1. The standard InChI is InChI=1S/C20H22ClN3O4S/c1-4-28-20(27)17-18(26)13-9-14(21)16(10-15(13)24-12(3)29-19(17)24)23-7-5-22(6-8-23)11(2)25/h9-10,12H,4-8H2,1-3H3/p+2. The highest BCUT2D eigenvalue weighted by molar-refractivity contribution is 8.04. The Balaban J connectivity index is 1.69. The number of Topliss-reactive ketones (excluding diaryl/α,β-unsaturated/α-hetero) is 1. The van der Waals surface area contributed by atoms with Crippen LogP contribution in [0, 0.1) is 0 Å². The van der Waals surface area contributed by atoms with Crippen LogP contribution in [-0.2, 0) is 14.3 Å². The molecule has 0 aliphatic carbocycles. The smallest absolute Gasteiger partial charge is 0.348 e. The van der Waals surface area contributed by atoms with Gasteiger partial charge in [0.1, 0.15) is 5.02 Å². The molecular weight excluding hydrogens is 414 g/mol. The van der Waals surface area contributed by atoms with Crippen molar-refractivity contribution in [1.82, 2.24) is 4.90 Å². The molecule has 2 fully saturated rings. The Kier molecular flexibility index (Phi) is 5.46. The Hall–Kier alpha value is -1.87. The van der Waals surface area contributed by atoms with Crippen molar-refractivity contribution < 1.29 is 28.9 Å². The average molecular weight is 438 g/mol. The van der Waals surface area contributed by atoms with Gasteiger partial charge in [-0.1, -0.05) is 11.6 Å². The molecule has 3 heterocycles. The molecule has 154 valence electrons. The number of rotatable bonds is 3. The molecule has 4 rings (SSSR count). The first-order valence-electron chi connectivity index (χ1n) is 9.77. The quantitative estimate of drug-likeness (QED) is 0.525. The first-order chi connectivity index (χ1) is 13.8. The van der Waals surface area contributed by atoms with Crippen molar-refractivity contribution in [3.63, 3.8) is 0 Å². The molecule has 1 aromatic rings. The van der Waals surface area contributed by atoms with E-state index in [9.17, 15) is 14.4 Å². The van der Waals surface area contributed by atoms with Gasteiger partial charge in [0, 0.05) is 6.92 Å². The number of amides is 1. The van der Waals surface area contributed by atoms with E-state index in [-0.39, 0.29) is 29.2 Å². The van der Waals surface area contributed by atoms with E-state index >= 15 is 0 Å². The van der Waals surface area contributed by atoms with Gasteiger partial charge in [0.25, 0.3) is 0 Å². The minimum Gasteiger partial charge on any atom is -0.462 e. The van der Waals surface area contributed by atoms with Gasteiger partial charge in [-0.25, -0.2) is 4.79 Å². The lowest BCUT2D eigenvalue weighted by Crippen LogP contribution is -3.14. The fourth-order valence-electron chi connectivity index (χ4n) is 4.20. The summed E-state index contributed by atoms with van der Waals surface area (Å²) in [6, 6.07) is 3.69.